The number of carbonyl (C=O) groups is 1. The summed E-state index contributed by atoms with van der Waals surface area (Å²) >= 11 is 0. The first-order chi connectivity index (χ1) is 9.29. The zero-order chi connectivity index (χ0) is 13.2. The van der Waals surface area contributed by atoms with Crippen molar-refractivity contribution in [3.05, 3.63) is 29.8 Å². The predicted molar refractivity (Wildman–Crippen MR) is 72.8 cm³/mol. The highest BCUT2D eigenvalue weighted by molar-refractivity contribution is 5.81. The molecule has 1 amide bonds. The Kier molecular flexibility index (Phi) is 3.42. The third-order valence-electron chi connectivity index (χ3n) is 3.99. The molecule has 4 heteroatoms. The smallest absolute Gasteiger partial charge is 0.238 e. The molecule has 2 aliphatic rings. The minimum Gasteiger partial charge on any atom is -0.494 e. The van der Waals surface area contributed by atoms with Gasteiger partial charge in [0, 0.05) is 6.04 Å². The van der Waals surface area contributed by atoms with Crippen LogP contribution in [-0.4, -0.2) is 30.0 Å². The van der Waals surface area contributed by atoms with Crippen LogP contribution in [0.4, 0.5) is 0 Å². The topological polar surface area (TPSA) is 41.6 Å². The van der Waals surface area contributed by atoms with E-state index in [0.717, 1.165) is 24.2 Å². The lowest BCUT2D eigenvalue weighted by molar-refractivity contribution is -0.132. The number of nitrogens with zero attached hydrogens (tertiary/aromatic N) is 1. The summed E-state index contributed by atoms with van der Waals surface area (Å²) in [6.07, 6.45) is 3.56. The van der Waals surface area contributed by atoms with Gasteiger partial charge in [-0.05, 0) is 43.9 Å². The van der Waals surface area contributed by atoms with Gasteiger partial charge in [-0.25, -0.2) is 0 Å². The average Bonchev–Trinajstić information content (AvgIpc) is 2.72. The highest BCUT2D eigenvalue weighted by Gasteiger charge is 2.38. The number of hydrogen-bond donors (Lipinski definition) is 1. The summed E-state index contributed by atoms with van der Waals surface area (Å²) < 4.78 is 5.45. The Labute approximate surface area is 113 Å². The molecule has 0 aromatic heterocycles. The molecule has 102 valence electrons. The molecule has 1 aromatic carbocycles. The van der Waals surface area contributed by atoms with Crippen LogP contribution in [0.15, 0.2) is 24.3 Å². The van der Waals surface area contributed by atoms with Crippen LogP contribution in [0, 0.1) is 0 Å². The summed E-state index contributed by atoms with van der Waals surface area (Å²) in [5.74, 6) is 1.11. The second-order valence-electron chi connectivity index (χ2n) is 5.17. The Hall–Kier alpha value is -1.55. The fourth-order valence-corrected chi connectivity index (χ4v) is 2.79. The largest absolute Gasteiger partial charge is 0.494 e. The molecule has 4 nitrogen and oxygen atoms in total. The molecule has 2 fully saturated rings. The lowest BCUT2D eigenvalue weighted by Crippen LogP contribution is -2.43. The Balaban J connectivity index is 1.78. The van der Waals surface area contributed by atoms with E-state index in [1.807, 2.05) is 36.1 Å². The highest BCUT2D eigenvalue weighted by Crippen LogP contribution is 2.34. The monoisotopic (exact) mass is 260 g/mol. The number of carbonyl (C=O) groups excluding carboxylic acids is 1. The number of amides is 1. The van der Waals surface area contributed by atoms with Crippen molar-refractivity contribution in [3.63, 3.8) is 0 Å². The lowest BCUT2D eigenvalue weighted by atomic mass is 9.91. The first-order valence-corrected chi connectivity index (χ1v) is 7.07. The summed E-state index contributed by atoms with van der Waals surface area (Å²) in [6.45, 7) is 3.10. The summed E-state index contributed by atoms with van der Waals surface area (Å²) in [5.41, 5.74) is 1.14. The highest BCUT2D eigenvalue weighted by atomic mass is 16.5. The first kappa shape index (κ1) is 12.5. The Morgan fingerprint density at radius 1 is 1.32 bits per heavy atom. The van der Waals surface area contributed by atoms with Crippen molar-refractivity contribution in [2.45, 2.75) is 38.4 Å². The van der Waals surface area contributed by atoms with Gasteiger partial charge in [0.15, 0.2) is 0 Å². The van der Waals surface area contributed by atoms with Crippen LogP contribution in [-0.2, 0) is 4.79 Å². The van der Waals surface area contributed by atoms with E-state index < -0.39 is 0 Å². The minimum atomic E-state index is 0.0356. The summed E-state index contributed by atoms with van der Waals surface area (Å²) in [6, 6.07) is 8.48. The Morgan fingerprint density at radius 3 is 2.63 bits per heavy atom. The van der Waals surface area contributed by atoms with Crippen LogP contribution in [0.2, 0.25) is 0 Å². The van der Waals surface area contributed by atoms with E-state index >= 15 is 0 Å². The number of rotatable bonds is 4. The molecule has 1 saturated heterocycles. The molecule has 0 radical (unpaired) electrons. The molecule has 1 saturated carbocycles. The first-order valence-electron chi connectivity index (χ1n) is 7.07. The molecule has 0 spiro atoms. The van der Waals surface area contributed by atoms with Crippen LogP contribution < -0.4 is 10.1 Å². The van der Waals surface area contributed by atoms with Gasteiger partial charge in [-0.3, -0.25) is 10.1 Å². The quantitative estimate of drug-likeness (QED) is 0.901. The van der Waals surface area contributed by atoms with Crippen molar-refractivity contribution in [1.29, 1.82) is 0 Å². The SMILES string of the molecule is CCOc1ccc(C2NCC(=O)N2C2CCC2)cc1. The van der Waals surface area contributed by atoms with E-state index in [1.54, 1.807) is 0 Å². The van der Waals surface area contributed by atoms with E-state index in [-0.39, 0.29) is 12.1 Å². The molecular formula is C15H20N2O2. The molecule has 1 aliphatic carbocycles. The molecule has 1 heterocycles. The van der Waals surface area contributed by atoms with E-state index in [4.69, 9.17) is 4.74 Å². The van der Waals surface area contributed by atoms with Crippen LogP contribution in [0.1, 0.15) is 37.9 Å². The van der Waals surface area contributed by atoms with Gasteiger partial charge in [-0.1, -0.05) is 12.1 Å². The molecule has 0 bridgehead atoms. The van der Waals surface area contributed by atoms with Gasteiger partial charge in [0.1, 0.15) is 11.9 Å². The summed E-state index contributed by atoms with van der Waals surface area (Å²) in [7, 11) is 0. The van der Waals surface area contributed by atoms with Gasteiger partial charge < -0.3 is 9.64 Å². The van der Waals surface area contributed by atoms with Crippen LogP contribution in [0.3, 0.4) is 0 Å². The fraction of sp³-hybridized carbons (Fsp3) is 0.533. The van der Waals surface area contributed by atoms with Crippen molar-refractivity contribution in [2.24, 2.45) is 0 Å². The van der Waals surface area contributed by atoms with Gasteiger partial charge in [-0.15, -0.1) is 0 Å². The van der Waals surface area contributed by atoms with Crippen molar-refractivity contribution >= 4 is 5.91 Å². The minimum absolute atomic E-state index is 0.0356. The maximum atomic E-state index is 12.0. The molecule has 19 heavy (non-hydrogen) atoms. The molecule has 1 unspecified atom stereocenters. The summed E-state index contributed by atoms with van der Waals surface area (Å²) in [4.78, 5) is 14.0. The number of nitrogens with one attached hydrogen (secondary N) is 1. The van der Waals surface area contributed by atoms with E-state index in [9.17, 15) is 4.79 Å². The Morgan fingerprint density at radius 2 is 2.05 bits per heavy atom. The van der Waals surface area contributed by atoms with Crippen LogP contribution >= 0.6 is 0 Å². The van der Waals surface area contributed by atoms with Gasteiger partial charge in [0.2, 0.25) is 5.91 Å². The number of ether oxygens (including phenoxy) is 1. The van der Waals surface area contributed by atoms with Gasteiger partial charge in [-0.2, -0.15) is 0 Å². The fourth-order valence-electron chi connectivity index (χ4n) is 2.79. The maximum Gasteiger partial charge on any atom is 0.238 e. The summed E-state index contributed by atoms with van der Waals surface area (Å²) in [5, 5.41) is 3.31. The van der Waals surface area contributed by atoms with Gasteiger partial charge >= 0.3 is 0 Å². The van der Waals surface area contributed by atoms with Gasteiger partial charge in [0.05, 0.1) is 13.2 Å². The molecule has 1 N–H and O–H groups in total. The molecule has 1 aromatic rings. The van der Waals surface area contributed by atoms with E-state index in [2.05, 4.69) is 5.32 Å². The lowest BCUT2D eigenvalue weighted by Gasteiger charge is -2.38. The van der Waals surface area contributed by atoms with Crippen molar-refractivity contribution < 1.29 is 9.53 Å². The van der Waals surface area contributed by atoms with Crippen LogP contribution in [0.5, 0.6) is 5.75 Å². The Bertz CT molecular complexity index is 454. The second-order valence-corrected chi connectivity index (χ2v) is 5.17. The predicted octanol–water partition coefficient (Wildman–Crippen LogP) is 2.07. The van der Waals surface area contributed by atoms with Crippen molar-refractivity contribution in [2.75, 3.05) is 13.2 Å². The van der Waals surface area contributed by atoms with E-state index in [1.165, 1.54) is 6.42 Å². The zero-order valence-corrected chi connectivity index (χ0v) is 11.3. The molecular weight excluding hydrogens is 240 g/mol. The third kappa shape index (κ3) is 2.32. The number of benzene rings is 1. The third-order valence-corrected chi connectivity index (χ3v) is 3.99. The normalized spacial score (nSPS) is 23.5. The standard InChI is InChI=1S/C15H20N2O2/c1-2-19-13-8-6-11(7-9-13)15-16-10-14(18)17(15)12-4-3-5-12/h6-9,12,15-16H,2-5,10H2,1H3. The molecule has 1 aliphatic heterocycles. The maximum absolute atomic E-state index is 12.0. The van der Waals surface area contributed by atoms with Crippen LogP contribution in [0.25, 0.3) is 0 Å². The average molecular weight is 260 g/mol. The van der Waals surface area contributed by atoms with Gasteiger partial charge in [0.25, 0.3) is 0 Å². The zero-order valence-electron chi connectivity index (χ0n) is 11.3. The molecule has 3 rings (SSSR count). The number of hydrogen-bond acceptors (Lipinski definition) is 3. The second kappa shape index (κ2) is 5.21. The van der Waals surface area contributed by atoms with E-state index in [0.29, 0.717) is 19.2 Å². The van der Waals surface area contributed by atoms with Crippen molar-refractivity contribution in [3.8, 4) is 5.75 Å². The van der Waals surface area contributed by atoms with Crippen molar-refractivity contribution in [1.82, 2.24) is 10.2 Å². The molecule has 1 atom stereocenters.